The number of benzene rings is 1. The molecule has 0 bridgehead atoms. The van der Waals surface area contributed by atoms with Crippen LogP contribution in [0.15, 0.2) is 23.1 Å². The molecule has 28 heavy (non-hydrogen) atoms. The lowest BCUT2D eigenvalue weighted by molar-refractivity contribution is -0.137. The number of sulfonamides is 1. The van der Waals surface area contributed by atoms with Crippen LogP contribution in [0.3, 0.4) is 0 Å². The number of carbonyl (C=O) groups is 1. The van der Waals surface area contributed by atoms with Crippen LogP contribution in [-0.4, -0.2) is 37.8 Å². The SMILES string of the molecule is CCN(C)C(=O)c1c(C)[nH]c(C)c1S(=O)(=O)Nc1ccc(C(F)(F)F)c(Cl)c1. The summed E-state index contributed by atoms with van der Waals surface area (Å²) >= 11 is 5.64. The van der Waals surface area contributed by atoms with Gasteiger partial charge in [-0.2, -0.15) is 13.2 Å². The third-order valence-corrected chi connectivity index (χ3v) is 6.01. The summed E-state index contributed by atoms with van der Waals surface area (Å²) in [4.78, 5) is 16.5. The molecule has 154 valence electrons. The van der Waals surface area contributed by atoms with Gasteiger partial charge < -0.3 is 9.88 Å². The van der Waals surface area contributed by atoms with Gasteiger partial charge >= 0.3 is 6.18 Å². The Morgan fingerprint density at radius 1 is 1.25 bits per heavy atom. The first kappa shape index (κ1) is 22.1. The summed E-state index contributed by atoms with van der Waals surface area (Å²) in [5, 5.41) is -0.642. The zero-order chi connectivity index (χ0) is 21.4. The van der Waals surface area contributed by atoms with E-state index in [0.717, 1.165) is 12.1 Å². The van der Waals surface area contributed by atoms with Crippen molar-refractivity contribution in [3.05, 3.63) is 45.7 Å². The van der Waals surface area contributed by atoms with Crippen molar-refractivity contribution in [3.63, 3.8) is 0 Å². The molecule has 11 heteroatoms. The van der Waals surface area contributed by atoms with Crippen LogP contribution in [0.5, 0.6) is 0 Å². The predicted octanol–water partition coefficient (Wildman–Crippen LogP) is 4.20. The first-order valence-electron chi connectivity index (χ1n) is 8.13. The summed E-state index contributed by atoms with van der Waals surface area (Å²) in [7, 11) is -2.74. The molecule has 0 aliphatic carbocycles. The summed E-state index contributed by atoms with van der Waals surface area (Å²) in [5.74, 6) is -0.491. The molecule has 2 rings (SSSR count). The van der Waals surface area contributed by atoms with Gasteiger partial charge in [0, 0.05) is 25.0 Å². The van der Waals surface area contributed by atoms with Crippen molar-refractivity contribution in [1.82, 2.24) is 9.88 Å². The molecule has 0 saturated carbocycles. The average Bonchev–Trinajstić information content (AvgIpc) is 2.86. The average molecular weight is 438 g/mol. The lowest BCUT2D eigenvalue weighted by atomic mass is 10.2. The Morgan fingerprint density at radius 3 is 2.36 bits per heavy atom. The number of aromatic amines is 1. The Labute approximate surface area is 165 Å². The van der Waals surface area contributed by atoms with Crippen molar-refractivity contribution in [1.29, 1.82) is 0 Å². The van der Waals surface area contributed by atoms with E-state index in [0.29, 0.717) is 18.3 Å². The molecule has 1 heterocycles. The van der Waals surface area contributed by atoms with Gasteiger partial charge in [-0.3, -0.25) is 9.52 Å². The Morgan fingerprint density at radius 2 is 1.86 bits per heavy atom. The molecule has 6 nitrogen and oxygen atoms in total. The zero-order valence-corrected chi connectivity index (χ0v) is 17.1. The minimum absolute atomic E-state index is 0.0210. The number of amides is 1. The molecule has 0 atom stereocenters. The summed E-state index contributed by atoms with van der Waals surface area (Å²) in [5.41, 5.74) is -0.651. The number of aryl methyl sites for hydroxylation is 2. The summed E-state index contributed by atoms with van der Waals surface area (Å²) < 4.78 is 66.4. The molecule has 2 N–H and O–H groups in total. The van der Waals surface area contributed by atoms with Crippen molar-refractivity contribution < 1.29 is 26.4 Å². The zero-order valence-electron chi connectivity index (χ0n) is 15.5. The van der Waals surface area contributed by atoms with E-state index < -0.39 is 32.7 Å². The van der Waals surface area contributed by atoms with Crippen molar-refractivity contribution >= 4 is 33.2 Å². The van der Waals surface area contributed by atoms with Gasteiger partial charge in [-0.15, -0.1) is 0 Å². The second kappa shape index (κ2) is 7.67. The van der Waals surface area contributed by atoms with Crippen molar-refractivity contribution in [2.45, 2.75) is 31.8 Å². The van der Waals surface area contributed by atoms with E-state index in [1.807, 2.05) is 0 Å². The highest BCUT2D eigenvalue weighted by Gasteiger charge is 2.34. The second-order valence-electron chi connectivity index (χ2n) is 6.20. The minimum Gasteiger partial charge on any atom is -0.361 e. The maximum absolute atomic E-state index is 12.9. The lowest BCUT2D eigenvalue weighted by Gasteiger charge is -2.17. The van der Waals surface area contributed by atoms with Gasteiger partial charge in [-0.25, -0.2) is 8.42 Å². The highest BCUT2D eigenvalue weighted by atomic mass is 35.5. The number of hydrogen-bond donors (Lipinski definition) is 2. The van der Waals surface area contributed by atoms with Crippen LogP contribution in [0.25, 0.3) is 0 Å². The summed E-state index contributed by atoms with van der Waals surface area (Å²) in [6.07, 6.45) is -4.66. The molecule has 0 aliphatic rings. The van der Waals surface area contributed by atoms with E-state index in [1.165, 1.54) is 18.9 Å². The van der Waals surface area contributed by atoms with Crippen molar-refractivity contribution in [2.75, 3.05) is 18.3 Å². The van der Waals surface area contributed by atoms with Crippen LogP contribution in [0, 0.1) is 13.8 Å². The predicted molar refractivity (Wildman–Crippen MR) is 100 cm³/mol. The van der Waals surface area contributed by atoms with Crippen molar-refractivity contribution in [2.24, 2.45) is 0 Å². The van der Waals surface area contributed by atoms with Crippen LogP contribution in [0.4, 0.5) is 18.9 Å². The number of hydrogen-bond acceptors (Lipinski definition) is 3. The van der Waals surface area contributed by atoms with E-state index in [4.69, 9.17) is 11.6 Å². The molecule has 0 radical (unpaired) electrons. The molecule has 0 fully saturated rings. The molecular formula is C17H19ClF3N3O3S. The van der Waals surface area contributed by atoms with Crippen LogP contribution < -0.4 is 4.72 Å². The number of halogens is 4. The molecule has 0 unspecified atom stereocenters. The topological polar surface area (TPSA) is 82.3 Å². The van der Waals surface area contributed by atoms with Gasteiger partial charge in [0.25, 0.3) is 15.9 Å². The second-order valence-corrected chi connectivity index (χ2v) is 8.22. The van der Waals surface area contributed by atoms with Gasteiger partial charge in [0.1, 0.15) is 4.90 Å². The lowest BCUT2D eigenvalue weighted by Crippen LogP contribution is -2.28. The number of carbonyl (C=O) groups excluding carboxylic acids is 1. The number of anilines is 1. The molecule has 2 aromatic rings. The standard InChI is InChI=1S/C17H19ClF3N3O3S/c1-5-24(4)16(25)14-9(2)22-10(3)15(14)28(26,27)23-11-6-7-12(13(18)8-11)17(19,20)21/h6-8,22-23H,5H2,1-4H3. The van der Waals surface area contributed by atoms with Gasteiger partial charge in [0.05, 0.1) is 21.8 Å². The molecule has 0 saturated heterocycles. The van der Waals surface area contributed by atoms with E-state index in [-0.39, 0.29) is 21.8 Å². The maximum Gasteiger partial charge on any atom is 0.417 e. The highest BCUT2D eigenvalue weighted by Crippen LogP contribution is 2.36. The highest BCUT2D eigenvalue weighted by molar-refractivity contribution is 7.92. The smallest absolute Gasteiger partial charge is 0.361 e. The number of nitrogens with zero attached hydrogens (tertiary/aromatic N) is 1. The molecule has 0 spiro atoms. The van der Waals surface area contributed by atoms with Gasteiger partial charge in [0.2, 0.25) is 0 Å². The first-order valence-corrected chi connectivity index (χ1v) is 9.99. The Bertz CT molecular complexity index is 1020. The van der Waals surface area contributed by atoms with Crippen LogP contribution in [0.2, 0.25) is 5.02 Å². The largest absolute Gasteiger partial charge is 0.417 e. The molecule has 0 aliphatic heterocycles. The molecule has 1 aromatic heterocycles. The van der Waals surface area contributed by atoms with E-state index in [9.17, 15) is 26.4 Å². The van der Waals surface area contributed by atoms with Gasteiger partial charge in [-0.05, 0) is 39.0 Å². The molecular weight excluding hydrogens is 419 g/mol. The third kappa shape index (κ3) is 4.27. The van der Waals surface area contributed by atoms with Gasteiger partial charge in [0.15, 0.2) is 0 Å². The maximum atomic E-state index is 12.9. The number of alkyl halides is 3. The minimum atomic E-state index is -4.66. The van der Waals surface area contributed by atoms with Crippen LogP contribution in [-0.2, 0) is 16.2 Å². The van der Waals surface area contributed by atoms with E-state index >= 15 is 0 Å². The number of aromatic nitrogens is 1. The summed E-state index contributed by atoms with van der Waals surface area (Å²) in [6, 6.07) is 2.52. The summed E-state index contributed by atoms with van der Waals surface area (Å²) in [6.45, 7) is 5.16. The Kier molecular flexibility index (Phi) is 6.05. The van der Waals surface area contributed by atoms with E-state index in [2.05, 4.69) is 9.71 Å². The third-order valence-electron chi connectivity index (χ3n) is 4.15. The number of nitrogens with one attached hydrogen (secondary N) is 2. The first-order chi connectivity index (χ1) is 12.8. The quantitative estimate of drug-likeness (QED) is 0.735. The fraction of sp³-hybridized carbons (Fsp3) is 0.353. The fourth-order valence-corrected chi connectivity index (χ4v) is 4.49. The molecule has 1 aromatic carbocycles. The Balaban J connectivity index is 2.50. The normalized spacial score (nSPS) is 12.1. The number of rotatable bonds is 5. The fourth-order valence-electron chi connectivity index (χ4n) is 2.70. The van der Waals surface area contributed by atoms with Crippen LogP contribution in [0.1, 0.15) is 34.2 Å². The van der Waals surface area contributed by atoms with Crippen LogP contribution >= 0.6 is 11.6 Å². The number of H-pyrrole nitrogens is 1. The monoisotopic (exact) mass is 437 g/mol. The molecule has 1 amide bonds. The Hall–Kier alpha value is -2.20. The van der Waals surface area contributed by atoms with E-state index in [1.54, 1.807) is 13.8 Å². The van der Waals surface area contributed by atoms with Gasteiger partial charge in [-0.1, -0.05) is 11.6 Å². The van der Waals surface area contributed by atoms with Crippen molar-refractivity contribution in [3.8, 4) is 0 Å².